The van der Waals surface area contributed by atoms with Gasteiger partial charge < -0.3 is 4.74 Å². The maximum absolute atomic E-state index is 9.18. The van der Waals surface area contributed by atoms with Gasteiger partial charge in [-0.3, -0.25) is 0 Å². The van der Waals surface area contributed by atoms with Crippen LogP contribution in [0.4, 0.5) is 0 Å². The van der Waals surface area contributed by atoms with Crippen LogP contribution in [0.1, 0.15) is 5.56 Å². The molecule has 4 heteroatoms. The molecule has 0 fully saturated rings. The molecule has 3 aromatic rings. The number of nitriles is 1. The first kappa shape index (κ1) is 13.9. The van der Waals surface area contributed by atoms with Crippen LogP contribution in [0, 0.1) is 11.3 Å². The molecule has 0 unspecified atom stereocenters. The van der Waals surface area contributed by atoms with Gasteiger partial charge in [0, 0.05) is 15.2 Å². The minimum absolute atomic E-state index is 0.534. The molecule has 21 heavy (non-hydrogen) atoms. The van der Waals surface area contributed by atoms with Crippen LogP contribution in [-0.4, -0.2) is 0 Å². The predicted octanol–water partition coefficient (Wildman–Crippen LogP) is 5.92. The quantitative estimate of drug-likeness (QED) is 0.569. The fourth-order valence-electron chi connectivity index (χ4n) is 2.13. The van der Waals surface area contributed by atoms with Gasteiger partial charge in [0.25, 0.3) is 0 Å². The number of halogens is 2. The van der Waals surface area contributed by atoms with Gasteiger partial charge in [0.15, 0.2) is 0 Å². The second-order valence-corrected chi connectivity index (χ2v) is 5.77. The lowest BCUT2D eigenvalue weighted by atomic mass is 10.0. The summed E-state index contributed by atoms with van der Waals surface area (Å²) in [7, 11) is 0. The van der Waals surface area contributed by atoms with Crippen molar-refractivity contribution >= 4 is 38.3 Å². The molecule has 0 aliphatic carbocycles. The Hall–Kier alpha value is -2.02. The normalized spacial score (nSPS) is 10.3. The number of benzene rings is 3. The van der Waals surface area contributed by atoms with Crippen LogP contribution in [-0.2, 0) is 0 Å². The SMILES string of the molecule is N#Cc1ccc(Oc2cc(Br)ccc2Cl)c2ccccc12. The number of fused-ring (bicyclic) bond motifs is 1. The van der Waals surface area contributed by atoms with E-state index in [0.29, 0.717) is 22.1 Å². The molecular formula is C17H9BrClNO. The van der Waals surface area contributed by atoms with Crippen molar-refractivity contribution in [2.45, 2.75) is 0 Å². The van der Waals surface area contributed by atoms with Crippen molar-refractivity contribution in [1.82, 2.24) is 0 Å². The second kappa shape index (κ2) is 5.77. The van der Waals surface area contributed by atoms with Crippen molar-refractivity contribution < 1.29 is 4.74 Å². The van der Waals surface area contributed by atoms with E-state index in [4.69, 9.17) is 16.3 Å². The smallest absolute Gasteiger partial charge is 0.147 e. The van der Waals surface area contributed by atoms with E-state index in [9.17, 15) is 5.26 Å². The Kier molecular flexibility index (Phi) is 3.83. The van der Waals surface area contributed by atoms with Crippen LogP contribution in [0.15, 0.2) is 59.1 Å². The first-order valence-corrected chi connectivity index (χ1v) is 7.41. The average Bonchev–Trinajstić information content (AvgIpc) is 2.51. The summed E-state index contributed by atoms with van der Waals surface area (Å²) in [4.78, 5) is 0. The first-order valence-electron chi connectivity index (χ1n) is 6.24. The molecule has 0 bridgehead atoms. The summed E-state index contributed by atoms with van der Waals surface area (Å²) in [6.07, 6.45) is 0. The molecular weight excluding hydrogens is 350 g/mol. The minimum atomic E-state index is 0.534. The number of rotatable bonds is 2. The number of nitrogens with zero attached hydrogens (tertiary/aromatic N) is 1. The summed E-state index contributed by atoms with van der Waals surface area (Å²) in [5.41, 5.74) is 0.623. The van der Waals surface area contributed by atoms with Crippen LogP contribution in [0.25, 0.3) is 10.8 Å². The number of ether oxygens (including phenoxy) is 1. The monoisotopic (exact) mass is 357 g/mol. The molecule has 0 saturated heterocycles. The molecule has 2 nitrogen and oxygen atoms in total. The lowest BCUT2D eigenvalue weighted by molar-refractivity contribution is 0.488. The molecule has 3 rings (SSSR count). The summed E-state index contributed by atoms with van der Waals surface area (Å²) in [6, 6.07) is 18.8. The van der Waals surface area contributed by atoms with Crippen molar-refractivity contribution in [3.63, 3.8) is 0 Å². The van der Waals surface area contributed by atoms with Crippen LogP contribution >= 0.6 is 27.5 Å². The summed E-state index contributed by atoms with van der Waals surface area (Å²) in [5.74, 6) is 1.24. The van der Waals surface area contributed by atoms with Crippen molar-refractivity contribution in [3.8, 4) is 17.6 Å². The topological polar surface area (TPSA) is 33.0 Å². The van der Waals surface area contributed by atoms with Gasteiger partial charge >= 0.3 is 0 Å². The van der Waals surface area contributed by atoms with E-state index in [1.807, 2.05) is 36.4 Å². The number of hydrogen-bond donors (Lipinski definition) is 0. The third kappa shape index (κ3) is 2.73. The molecule has 0 aliphatic rings. The average molecular weight is 359 g/mol. The third-order valence-electron chi connectivity index (χ3n) is 3.12. The molecule has 0 N–H and O–H groups in total. The Morgan fingerprint density at radius 1 is 0.952 bits per heavy atom. The Morgan fingerprint density at radius 3 is 2.48 bits per heavy atom. The summed E-state index contributed by atoms with van der Waals surface area (Å²) in [6.45, 7) is 0. The van der Waals surface area contributed by atoms with E-state index in [-0.39, 0.29) is 0 Å². The van der Waals surface area contributed by atoms with Crippen LogP contribution in [0.2, 0.25) is 5.02 Å². The van der Waals surface area contributed by atoms with Gasteiger partial charge in [-0.05, 0) is 30.3 Å². The highest BCUT2D eigenvalue weighted by molar-refractivity contribution is 9.10. The maximum Gasteiger partial charge on any atom is 0.147 e. The van der Waals surface area contributed by atoms with Gasteiger partial charge in [0.05, 0.1) is 16.7 Å². The van der Waals surface area contributed by atoms with E-state index in [1.165, 1.54) is 0 Å². The zero-order valence-electron chi connectivity index (χ0n) is 10.8. The minimum Gasteiger partial charge on any atom is -0.455 e. The fraction of sp³-hybridized carbons (Fsp3) is 0. The fourth-order valence-corrected chi connectivity index (χ4v) is 2.63. The Morgan fingerprint density at radius 2 is 1.71 bits per heavy atom. The summed E-state index contributed by atoms with van der Waals surface area (Å²) < 4.78 is 6.82. The van der Waals surface area contributed by atoms with Gasteiger partial charge in [0.2, 0.25) is 0 Å². The molecule has 102 valence electrons. The molecule has 0 saturated carbocycles. The van der Waals surface area contributed by atoms with Crippen molar-refractivity contribution in [2.24, 2.45) is 0 Å². The van der Waals surface area contributed by atoms with E-state index >= 15 is 0 Å². The maximum atomic E-state index is 9.18. The molecule has 0 spiro atoms. The van der Waals surface area contributed by atoms with Gasteiger partial charge in [-0.25, -0.2) is 0 Å². The Balaban J connectivity index is 2.14. The lowest BCUT2D eigenvalue weighted by Gasteiger charge is -2.11. The standard InChI is InChI=1S/C17H9BrClNO/c18-12-6-7-15(19)17(9-12)21-16-8-5-11(10-20)13-3-1-2-4-14(13)16/h1-9H. The van der Waals surface area contributed by atoms with E-state index in [2.05, 4.69) is 22.0 Å². The molecule has 0 amide bonds. The van der Waals surface area contributed by atoms with Crippen LogP contribution < -0.4 is 4.74 Å². The van der Waals surface area contributed by atoms with Gasteiger partial charge in [0.1, 0.15) is 11.5 Å². The highest BCUT2D eigenvalue weighted by atomic mass is 79.9. The molecule has 0 atom stereocenters. The molecule has 3 aromatic carbocycles. The van der Waals surface area contributed by atoms with Crippen molar-refractivity contribution in [1.29, 1.82) is 5.26 Å². The molecule has 0 heterocycles. The highest BCUT2D eigenvalue weighted by Gasteiger charge is 2.09. The Bertz CT molecular complexity index is 870. The second-order valence-electron chi connectivity index (χ2n) is 4.45. The molecule has 0 aliphatic heterocycles. The molecule has 0 aromatic heterocycles. The van der Waals surface area contributed by atoms with Crippen molar-refractivity contribution in [3.05, 3.63) is 69.7 Å². The Labute approximate surface area is 135 Å². The highest BCUT2D eigenvalue weighted by Crippen LogP contribution is 2.36. The number of hydrogen-bond acceptors (Lipinski definition) is 2. The van der Waals surface area contributed by atoms with Gasteiger partial charge in [-0.1, -0.05) is 51.8 Å². The largest absolute Gasteiger partial charge is 0.455 e. The third-order valence-corrected chi connectivity index (χ3v) is 3.92. The zero-order valence-corrected chi connectivity index (χ0v) is 13.1. The summed E-state index contributed by atoms with van der Waals surface area (Å²) >= 11 is 9.56. The van der Waals surface area contributed by atoms with E-state index in [1.54, 1.807) is 18.2 Å². The van der Waals surface area contributed by atoms with E-state index in [0.717, 1.165) is 15.2 Å². The predicted molar refractivity (Wildman–Crippen MR) is 87.9 cm³/mol. The van der Waals surface area contributed by atoms with E-state index < -0.39 is 0 Å². The zero-order chi connectivity index (χ0) is 14.8. The van der Waals surface area contributed by atoms with Crippen LogP contribution in [0.3, 0.4) is 0 Å². The van der Waals surface area contributed by atoms with Gasteiger partial charge in [-0.2, -0.15) is 5.26 Å². The summed E-state index contributed by atoms with van der Waals surface area (Å²) in [5, 5.41) is 11.5. The first-order chi connectivity index (χ1) is 10.2. The van der Waals surface area contributed by atoms with Gasteiger partial charge in [-0.15, -0.1) is 0 Å². The van der Waals surface area contributed by atoms with Crippen molar-refractivity contribution in [2.75, 3.05) is 0 Å². The lowest BCUT2D eigenvalue weighted by Crippen LogP contribution is -1.89. The van der Waals surface area contributed by atoms with Crippen LogP contribution in [0.5, 0.6) is 11.5 Å². The molecule has 0 radical (unpaired) electrons.